The molecule has 1 aromatic heterocycles. The van der Waals surface area contributed by atoms with Gasteiger partial charge in [-0.15, -0.1) is 0 Å². The van der Waals surface area contributed by atoms with Crippen LogP contribution < -0.4 is 10.6 Å². The Balaban J connectivity index is 1.73. The van der Waals surface area contributed by atoms with Gasteiger partial charge >= 0.3 is 6.09 Å². The van der Waals surface area contributed by atoms with E-state index in [2.05, 4.69) is 39.5 Å². The predicted octanol–water partition coefficient (Wildman–Crippen LogP) is 2.41. The fraction of sp³-hybridized carbons (Fsp3) is 0.762. The lowest BCUT2D eigenvalue weighted by molar-refractivity contribution is 0.0147. The number of guanidine groups is 1. The SMILES string of the molecule is CCNC(=NCc1cc(C(C)C)no1)NCCN1CCN(C(=O)OC(C)(C)C)CC1. The highest BCUT2D eigenvalue weighted by Crippen LogP contribution is 2.14. The van der Waals surface area contributed by atoms with Crippen molar-refractivity contribution in [2.45, 2.75) is 59.6 Å². The molecular weight excluding hydrogens is 384 g/mol. The summed E-state index contributed by atoms with van der Waals surface area (Å²) in [5.74, 6) is 1.86. The zero-order chi connectivity index (χ0) is 22.1. The molecule has 0 unspecified atom stereocenters. The maximum absolute atomic E-state index is 12.2. The van der Waals surface area contributed by atoms with Crippen molar-refractivity contribution in [3.8, 4) is 0 Å². The molecule has 0 spiro atoms. The molecule has 1 aromatic rings. The van der Waals surface area contributed by atoms with Crippen molar-refractivity contribution in [1.29, 1.82) is 0 Å². The van der Waals surface area contributed by atoms with Gasteiger partial charge in [0.15, 0.2) is 11.7 Å². The molecule has 1 saturated heterocycles. The monoisotopic (exact) mass is 422 g/mol. The minimum absolute atomic E-state index is 0.227. The number of amides is 1. The summed E-state index contributed by atoms with van der Waals surface area (Å²) < 4.78 is 10.8. The highest BCUT2D eigenvalue weighted by atomic mass is 16.6. The van der Waals surface area contributed by atoms with Gasteiger partial charge in [-0.3, -0.25) is 4.90 Å². The molecule has 0 bridgehead atoms. The Bertz CT molecular complexity index is 687. The summed E-state index contributed by atoms with van der Waals surface area (Å²) in [6.07, 6.45) is -0.227. The highest BCUT2D eigenvalue weighted by Gasteiger charge is 2.25. The molecule has 0 aromatic carbocycles. The van der Waals surface area contributed by atoms with Crippen LogP contribution in [0.5, 0.6) is 0 Å². The average molecular weight is 423 g/mol. The van der Waals surface area contributed by atoms with Gasteiger partial charge in [0.05, 0.1) is 5.69 Å². The molecule has 0 aliphatic carbocycles. The van der Waals surface area contributed by atoms with Crippen LogP contribution in [0.2, 0.25) is 0 Å². The van der Waals surface area contributed by atoms with E-state index in [0.717, 1.165) is 50.1 Å². The van der Waals surface area contributed by atoms with Crippen molar-refractivity contribution >= 4 is 12.1 Å². The van der Waals surface area contributed by atoms with Crippen LogP contribution in [0.4, 0.5) is 4.79 Å². The fourth-order valence-corrected chi connectivity index (χ4v) is 2.99. The van der Waals surface area contributed by atoms with Crippen LogP contribution in [0.3, 0.4) is 0 Å². The van der Waals surface area contributed by atoms with Crippen LogP contribution in [-0.2, 0) is 11.3 Å². The van der Waals surface area contributed by atoms with Crippen LogP contribution in [0.25, 0.3) is 0 Å². The Hall–Kier alpha value is -2.29. The first-order valence-electron chi connectivity index (χ1n) is 10.9. The van der Waals surface area contributed by atoms with Crippen LogP contribution >= 0.6 is 0 Å². The van der Waals surface area contributed by atoms with Crippen molar-refractivity contribution < 1.29 is 14.1 Å². The third kappa shape index (κ3) is 8.22. The number of aromatic nitrogens is 1. The Morgan fingerprint density at radius 3 is 2.53 bits per heavy atom. The van der Waals surface area contributed by atoms with E-state index in [0.29, 0.717) is 25.6 Å². The molecule has 2 rings (SSSR count). The van der Waals surface area contributed by atoms with Gasteiger partial charge in [0.1, 0.15) is 12.1 Å². The fourth-order valence-electron chi connectivity index (χ4n) is 2.99. The van der Waals surface area contributed by atoms with Gasteiger partial charge in [-0.25, -0.2) is 9.79 Å². The van der Waals surface area contributed by atoms with Crippen LogP contribution in [0.15, 0.2) is 15.6 Å². The second kappa shape index (κ2) is 11.2. The molecule has 0 atom stereocenters. The number of rotatable bonds is 7. The maximum Gasteiger partial charge on any atom is 0.410 e. The number of carbonyl (C=O) groups is 1. The minimum Gasteiger partial charge on any atom is -0.444 e. The van der Waals surface area contributed by atoms with Gasteiger partial charge in [-0.2, -0.15) is 0 Å². The molecule has 0 radical (unpaired) electrons. The van der Waals surface area contributed by atoms with Crippen molar-refractivity contribution in [2.24, 2.45) is 4.99 Å². The number of nitrogens with zero attached hydrogens (tertiary/aromatic N) is 4. The van der Waals surface area contributed by atoms with E-state index in [1.807, 2.05) is 33.8 Å². The first-order valence-corrected chi connectivity index (χ1v) is 10.9. The normalized spacial score (nSPS) is 16.1. The van der Waals surface area contributed by atoms with Crippen LogP contribution in [-0.4, -0.2) is 78.4 Å². The number of aliphatic imine (C=N–C) groups is 1. The molecule has 1 amide bonds. The summed E-state index contributed by atoms with van der Waals surface area (Å²) in [6, 6.07) is 1.96. The van der Waals surface area contributed by atoms with Crippen LogP contribution in [0, 0.1) is 0 Å². The minimum atomic E-state index is -0.456. The zero-order valence-electron chi connectivity index (χ0n) is 19.3. The van der Waals surface area contributed by atoms with Crippen molar-refractivity contribution in [3.63, 3.8) is 0 Å². The molecule has 30 heavy (non-hydrogen) atoms. The van der Waals surface area contributed by atoms with Crippen molar-refractivity contribution in [3.05, 3.63) is 17.5 Å². The van der Waals surface area contributed by atoms with Gasteiger partial charge in [0.2, 0.25) is 0 Å². The first-order chi connectivity index (χ1) is 14.2. The lowest BCUT2D eigenvalue weighted by Crippen LogP contribution is -2.51. The van der Waals surface area contributed by atoms with Gasteiger partial charge in [-0.1, -0.05) is 19.0 Å². The third-order valence-electron chi connectivity index (χ3n) is 4.65. The summed E-state index contributed by atoms with van der Waals surface area (Å²) in [6.45, 7) is 17.8. The molecule has 2 heterocycles. The quantitative estimate of drug-likeness (QED) is 0.515. The molecule has 1 fully saturated rings. The van der Waals surface area contributed by atoms with Gasteiger partial charge in [0.25, 0.3) is 0 Å². The number of carbonyl (C=O) groups excluding carboxylic acids is 1. The molecule has 9 heteroatoms. The van der Waals surface area contributed by atoms with Crippen LogP contribution in [0.1, 0.15) is 58.9 Å². The standard InChI is InChI=1S/C21H38N6O3/c1-7-22-19(24-15-17-14-18(16(2)3)25-30-17)23-8-9-26-10-12-27(13-11-26)20(28)29-21(4,5)6/h14,16H,7-13,15H2,1-6H3,(H2,22,23,24). The second-order valence-corrected chi connectivity index (χ2v) is 8.80. The summed E-state index contributed by atoms with van der Waals surface area (Å²) in [5, 5.41) is 10.7. The van der Waals surface area contributed by atoms with Gasteiger partial charge in [0, 0.05) is 51.9 Å². The number of piperazine rings is 1. The van der Waals surface area contributed by atoms with Gasteiger partial charge < -0.3 is 24.8 Å². The van der Waals surface area contributed by atoms with E-state index in [1.54, 1.807) is 4.90 Å². The lowest BCUT2D eigenvalue weighted by atomic mass is 10.1. The van der Waals surface area contributed by atoms with E-state index >= 15 is 0 Å². The van der Waals surface area contributed by atoms with E-state index < -0.39 is 5.60 Å². The Labute approximate surface area is 180 Å². The molecule has 170 valence electrons. The Kier molecular flexibility index (Phi) is 8.95. The van der Waals surface area contributed by atoms with E-state index in [9.17, 15) is 4.79 Å². The zero-order valence-corrected chi connectivity index (χ0v) is 19.3. The van der Waals surface area contributed by atoms with E-state index in [4.69, 9.17) is 9.26 Å². The number of nitrogens with one attached hydrogen (secondary N) is 2. The topological polar surface area (TPSA) is 95.2 Å². The third-order valence-corrected chi connectivity index (χ3v) is 4.65. The first kappa shape index (κ1) is 24.0. The second-order valence-electron chi connectivity index (χ2n) is 8.80. The molecule has 1 aliphatic heterocycles. The number of hydrogen-bond acceptors (Lipinski definition) is 6. The molecule has 9 nitrogen and oxygen atoms in total. The van der Waals surface area contributed by atoms with E-state index in [-0.39, 0.29) is 6.09 Å². The molecule has 2 N–H and O–H groups in total. The Morgan fingerprint density at radius 1 is 1.27 bits per heavy atom. The summed E-state index contributed by atoms with van der Waals surface area (Å²) in [5.41, 5.74) is 0.492. The molecule has 1 aliphatic rings. The van der Waals surface area contributed by atoms with Crippen molar-refractivity contribution in [2.75, 3.05) is 45.8 Å². The maximum atomic E-state index is 12.2. The van der Waals surface area contributed by atoms with Gasteiger partial charge in [-0.05, 0) is 33.6 Å². The summed E-state index contributed by atoms with van der Waals surface area (Å²) in [7, 11) is 0. The summed E-state index contributed by atoms with van der Waals surface area (Å²) in [4.78, 5) is 20.9. The van der Waals surface area contributed by atoms with Crippen molar-refractivity contribution in [1.82, 2.24) is 25.6 Å². The van der Waals surface area contributed by atoms with E-state index in [1.165, 1.54) is 0 Å². The average Bonchev–Trinajstić information content (AvgIpc) is 3.14. The smallest absolute Gasteiger partial charge is 0.410 e. The number of hydrogen-bond donors (Lipinski definition) is 2. The number of ether oxygens (including phenoxy) is 1. The largest absolute Gasteiger partial charge is 0.444 e. The lowest BCUT2D eigenvalue weighted by Gasteiger charge is -2.35. The predicted molar refractivity (Wildman–Crippen MR) is 118 cm³/mol. The summed E-state index contributed by atoms with van der Waals surface area (Å²) >= 11 is 0. The Morgan fingerprint density at radius 2 is 1.97 bits per heavy atom. The molecule has 0 saturated carbocycles. The highest BCUT2D eigenvalue weighted by molar-refractivity contribution is 5.79. The molecular formula is C21H38N6O3.